The normalized spacial score (nSPS) is 29.9. The van der Waals surface area contributed by atoms with Crippen molar-refractivity contribution in [3.05, 3.63) is 10.6 Å². The summed E-state index contributed by atoms with van der Waals surface area (Å²) in [4.78, 5) is 9.18. The molecule has 0 spiro atoms. The van der Waals surface area contributed by atoms with Crippen molar-refractivity contribution < 1.29 is 0 Å². The molecule has 1 aromatic rings. The van der Waals surface area contributed by atoms with E-state index in [2.05, 4.69) is 24.1 Å². The summed E-state index contributed by atoms with van der Waals surface area (Å²) < 4.78 is 0. The molecule has 0 amide bonds. The third kappa shape index (κ3) is 3.11. The van der Waals surface area contributed by atoms with E-state index in [0.29, 0.717) is 6.04 Å². The molecule has 2 unspecified atom stereocenters. The second-order valence-corrected chi connectivity index (χ2v) is 8.48. The van der Waals surface area contributed by atoms with Crippen molar-refractivity contribution in [1.82, 2.24) is 10.3 Å². The van der Waals surface area contributed by atoms with Gasteiger partial charge in [-0.2, -0.15) is 0 Å². The minimum Gasteiger partial charge on any atom is -0.345 e. The fourth-order valence-corrected chi connectivity index (χ4v) is 4.56. The molecule has 21 heavy (non-hydrogen) atoms. The second kappa shape index (κ2) is 5.54. The van der Waals surface area contributed by atoms with Crippen LogP contribution in [0, 0.1) is 5.92 Å². The van der Waals surface area contributed by atoms with Crippen LogP contribution in [0.25, 0.3) is 0 Å². The summed E-state index contributed by atoms with van der Waals surface area (Å²) in [6, 6.07) is 1.44. The van der Waals surface area contributed by atoms with Gasteiger partial charge in [-0.3, -0.25) is 0 Å². The first kappa shape index (κ1) is 14.0. The maximum absolute atomic E-state index is 5.08. The highest BCUT2D eigenvalue weighted by Crippen LogP contribution is 2.45. The third-order valence-electron chi connectivity index (χ3n) is 5.17. The summed E-state index contributed by atoms with van der Waals surface area (Å²) in [5.74, 6) is 1.58. The van der Waals surface area contributed by atoms with E-state index in [4.69, 9.17) is 4.98 Å². The molecule has 1 N–H and O–H groups in total. The molecule has 0 radical (unpaired) electrons. The Morgan fingerprint density at radius 1 is 1.14 bits per heavy atom. The number of nitrogens with one attached hydrogen (secondary N) is 1. The molecule has 2 aliphatic carbocycles. The smallest absolute Gasteiger partial charge is 0.186 e. The monoisotopic (exact) mass is 305 g/mol. The Bertz CT molecular complexity index is 504. The van der Waals surface area contributed by atoms with Crippen molar-refractivity contribution >= 4 is 16.5 Å². The Balaban J connectivity index is 1.54. The van der Waals surface area contributed by atoms with Crippen molar-refractivity contribution in [2.45, 2.75) is 76.9 Å². The zero-order valence-electron chi connectivity index (χ0n) is 13.3. The number of hydrogen-bond donors (Lipinski definition) is 1. The molecular formula is C17H27N3S. The number of anilines is 1. The van der Waals surface area contributed by atoms with Crippen LogP contribution in [0.4, 0.5) is 5.13 Å². The summed E-state index contributed by atoms with van der Waals surface area (Å²) in [5, 5.41) is 4.98. The molecule has 1 aliphatic heterocycles. The maximum Gasteiger partial charge on any atom is 0.186 e. The number of nitrogens with zero attached hydrogens (tertiary/aromatic N) is 2. The van der Waals surface area contributed by atoms with E-state index in [1.165, 1.54) is 60.8 Å². The number of thiazole rings is 1. The molecule has 1 saturated heterocycles. The van der Waals surface area contributed by atoms with Crippen LogP contribution in [0.15, 0.2) is 0 Å². The highest BCUT2D eigenvalue weighted by molar-refractivity contribution is 7.15. The zero-order chi connectivity index (χ0) is 14.4. The maximum atomic E-state index is 5.08. The first-order valence-corrected chi connectivity index (χ1v) is 9.52. The predicted octanol–water partition coefficient (Wildman–Crippen LogP) is 3.90. The average molecular weight is 305 g/mol. The Hall–Kier alpha value is -0.610. The van der Waals surface area contributed by atoms with Gasteiger partial charge in [0.25, 0.3) is 0 Å². The van der Waals surface area contributed by atoms with Gasteiger partial charge in [0.15, 0.2) is 5.13 Å². The SMILES string of the molecule is CC1CCC(C)N(c2nc(C3CC3)c(CNC3CC3)s2)C1. The van der Waals surface area contributed by atoms with E-state index in [-0.39, 0.29) is 0 Å². The highest BCUT2D eigenvalue weighted by Gasteiger charge is 2.33. The van der Waals surface area contributed by atoms with E-state index in [1.54, 1.807) is 0 Å². The minimum absolute atomic E-state index is 0.656. The lowest BCUT2D eigenvalue weighted by Gasteiger charge is -2.36. The van der Waals surface area contributed by atoms with Gasteiger partial charge in [0.05, 0.1) is 5.69 Å². The molecule has 1 aromatic heterocycles. The molecule has 0 bridgehead atoms. The van der Waals surface area contributed by atoms with Crippen LogP contribution in [-0.4, -0.2) is 23.6 Å². The molecule has 2 heterocycles. The van der Waals surface area contributed by atoms with Crippen molar-refractivity contribution in [2.24, 2.45) is 5.92 Å². The lowest BCUT2D eigenvalue weighted by atomic mass is 9.96. The van der Waals surface area contributed by atoms with Gasteiger partial charge in [0.2, 0.25) is 0 Å². The number of aromatic nitrogens is 1. The van der Waals surface area contributed by atoms with Gasteiger partial charge in [-0.15, -0.1) is 11.3 Å². The number of piperidine rings is 1. The lowest BCUT2D eigenvalue weighted by Crippen LogP contribution is -2.41. The zero-order valence-corrected chi connectivity index (χ0v) is 14.1. The van der Waals surface area contributed by atoms with E-state index >= 15 is 0 Å². The van der Waals surface area contributed by atoms with E-state index < -0.39 is 0 Å². The molecule has 4 rings (SSSR count). The fraction of sp³-hybridized carbons (Fsp3) is 0.824. The van der Waals surface area contributed by atoms with Gasteiger partial charge >= 0.3 is 0 Å². The van der Waals surface area contributed by atoms with Gasteiger partial charge in [-0.25, -0.2) is 4.98 Å². The number of hydrogen-bond acceptors (Lipinski definition) is 4. The topological polar surface area (TPSA) is 28.2 Å². The number of rotatable bonds is 5. The van der Waals surface area contributed by atoms with Crippen molar-refractivity contribution in [2.75, 3.05) is 11.4 Å². The Morgan fingerprint density at radius 2 is 1.95 bits per heavy atom. The van der Waals surface area contributed by atoms with Gasteiger partial charge in [0, 0.05) is 36.0 Å². The summed E-state index contributed by atoms with van der Waals surface area (Å²) in [7, 11) is 0. The van der Waals surface area contributed by atoms with E-state index in [9.17, 15) is 0 Å². The summed E-state index contributed by atoms with van der Waals surface area (Å²) in [5.41, 5.74) is 1.42. The molecule has 3 fully saturated rings. The van der Waals surface area contributed by atoms with Crippen LogP contribution in [0.5, 0.6) is 0 Å². The standard InChI is InChI=1S/C17H27N3S/c1-11-3-4-12(2)20(10-11)17-19-16(13-5-6-13)15(21-17)9-18-14-7-8-14/h11-14,18H,3-10H2,1-2H3. The molecule has 116 valence electrons. The predicted molar refractivity (Wildman–Crippen MR) is 89.2 cm³/mol. The molecule has 3 nitrogen and oxygen atoms in total. The average Bonchev–Trinajstić information content (AvgIpc) is 3.38. The molecule has 3 aliphatic rings. The van der Waals surface area contributed by atoms with Crippen LogP contribution in [0.3, 0.4) is 0 Å². The van der Waals surface area contributed by atoms with Crippen LogP contribution in [0.2, 0.25) is 0 Å². The van der Waals surface area contributed by atoms with Gasteiger partial charge in [-0.1, -0.05) is 6.92 Å². The molecule has 2 atom stereocenters. The van der Waals surface area contributed by atoms with Crippen molar-refractivity contribution in [3.8, 4) is 0 Å². The quantitative estimate of drug-likeness (QED) is 0.894. The summed E-state index contributed by atoms with van der Waals surface area (Å²) in [6.45, 7) is 6.98. The lowest BCUT2D eigenvalue weighted by molar-refractivity contribution is 0.390. The van der Waals surface area contributed by atoms with E-state index in [1.807, 2.05) is 11.3 Å². The first-order chi connectivity index (χ1) is 10.2. The molecule has 4 heteroatoms. The Morgan fingerprint density at radius 3 is 2.67 bits per heavy atom. The molecule has 2 saturated carbocycles. The van der Waals surface area contributed by atoms with Crippen LogP contribution < -0.4 is 10.2 Å². The Kier molecular flexibility index (Phi) is 3.70. The highest BCUT2D eigenvalue weighted by atomic mass is 32.1. The van der Waals surface area contributed by atoms with Crippen molar-refractivity contribution in [3.63, 3.8) is 0 Å². The minimum atomic E-state index is 0.656. The van der Waals surface area contributed by atoms with Crippen LogP contribution in [0.1, 0.15) is 68.9 Å². The third-order valence-corrected chi connectivity index (χ3v) is 6.28. The first-order valence-electron chi connectivity index (χ1n) is 8.70. The summed E-state index contributed by atoms with van der Waals surface area (Å²) in [6.07, 6.45) is 8.12. The molecular weight excluding hydrogens is 278 g/mol. The summed E-state index contributed by atoms with van der Waals surface area (Å²) >= 11 is 1.96. The van der Waals surface area contributed by atoms with Gasteiger partial charge in [-0.05, 0) is 51.4 Å². The van der Waals surface area contributed by atoms with Gasteiger partial charge in [0.1, 0.15) is 0 Å². The largest absolute Gasteiger partial charge is 0.345 e. The second-order valence-electron chi connectivity index (χ2n) is 7.42. The van der Waals surface area contributed by atoms with Crippen LogP contribution in [-0.2, 0) is 6.54 Å². The van der Waals surface area contributed by atoms with E-state index in [0.717, 1.165) is 24.4 Å². The van der Waals surface area contributed by atoms with Crippen molar-refractivity contribution in [1.29, 1.82) is 0 Å². The Labute approximate surface area is 132 Å². The van der Waals surface area contributed by atoms with Crippen LogP contribution >= 0.6 is 11.3 Å². The molecule has 0 aromatic carbocycles. The van der Waals surface area contributed by atoms with Gasteiger partial charge < -0.3 is 10.2 Å². The fourth-order valence-electron chi connectivity index (χ4n) is 3.36.